The maximum atomic E-state index is 12.1. The first-order valence-corrected chi connectivity index (χ1v) is 7.49. The normalized spacial score (nSPS) is 15.8. The standard InChI is InChI=1S/C16H24N2O2/c17-9-8-14-6-5-7-15(12-14)20-13-16(19)18-10-3-1-2-4-11-18/h5-7,12H,1-4,8-11,13,17H2. The average Bonchev–Trinajstić information content (AvgIpc) is 2.75. The Hall–Kier alpha value is -1.55. The third-order valence-corrected chi connectivity index (χ3v) is 3.65. The Morgan fingerprint density at radius 2 is 1.95 bits per heavy atom. The second kappa shape index (κ2) is 7.90. The van der Waals surface area contributed by atoms with E-state index in [2.05, 4.69) is 0 Å². The van der Waals surface area contributed by atoms with Crippen molar-refractivity contribution < 1.29 is 9.53 Å². The summed E-state index contributed by atoms with van der Waals surface area (Å²) in [6.45, 7) is 2.49. The SMILES string of the molecule is NCCc1cccc(OCC(=O)N2CCCCCC2)c1. The van der Waals surface area contributed by atoms with Crippen LogP contribution in [0, 0.1) is 0 Å². The molecule has 2 N–H and O–H groups in total. The van der Waals surface area contributed by atoms with Crippen LogP contribution in [0.25, 0.3) is 0 Å². The maximum Gasteiger partial charge on any atom is 0.260 e. The van der Waals surface area contributed by atoms with Crippen LogP contribution in [-0.4, -0.2) is 37.0 Å². The van der Waals surface area contributed by atoms with Crippen molar-refractivity contribution in [3.63, 3.8) is 0 Å². The smallest absolute Gasteiger partial charge is 0.260 e. The fraction of sp³-hybridized carbons (Fsp3) is 0.562. The van der Waals surface area contributed by atoms with Gasteiger partial charge in [-0.05, 0) is 43.5 Å². The number of ether oxygens (including phenoxy) is 1. The number of nitrogens with two attached hydrogens (primary N) is 1. The second-order valence-electron chi connectivity index (χ2n) is 5.27. The quantitative estimate of drug-likeness (QED) is 0.894. The van der Waals surface area contributed by atoms with E-state index in [0.29, 0.717) is 6.54 Å². The molecule has 110 valence electrons. The first-order chi connectivity index (χ1) is 9.79. The molecule has 1 aliphatic heterocycles. The summed E-state index contributed by atoms with van der Waals surface area (Å²) >= 11 is 0. The highest BCUT2D eigenvalue weighted by molar-refractivity contribution is 5.77. The van der Waals surface area contributed by atoms with Crippen molar-refractivity contribution in [2.75, 3.05) is 26.2 Å². The van der Waals surface area contributed by atoms with Crippen LogP contribution >= 0.6 is 0 Å². The number of hydrogen-bond donors (Lipinski definition) is 1. The van der Waals surface area contributed by atoms with Crippen molar-refractivity contribution in [1.82, 2.24) is 4.90 Å². The van der Waals surface area contributed by atoms with Crippen LogP contribution in [-0.2, 0) is 11.2 Å². The highest BCUT2D eigenvalue weighted by Gasteiger charge is 2.15. The van der Waals surface area contributed by atoms with Crippen LogP contribution in [0.15, 0.2) is 24.3 Å². The number of benzene rings is 1. The molecule has 4 nitrogen and oxygen atoms in total. The van der Waals surface area contributed by atoms with Gasteiger partial charge in [-0.1, -0.05) is 25.0 Å². The molecule has 1 saturated heterocycles. The first kappa shape index (κ1) is 14.9. The summed E-state index contributed by atoms with van der Waals surface area (Å²) in [6.07, 6.45) is 5.50. The van der Waals surface area contributed by atoms with Gasteiger partial charge in [0.05, 0.1) is 0 Å². The molecule has 1 amide bonds. The minimum atomic E-state index is 0.0936. The molecule has 4 heteroatoms. The summed E-state index contributed by atoms with van der Waals surface area (Å²) in [4.78, 5) is 14.0. The molecule has 1 heterocycles. The lowest BCUT2D eigenvalue weighted by Crippen LogP contribution is -2.35. The van der Waals surface area contributed by atoms with Crippen molar-refractivity contribution in [2.24, 2.45) is 5.73 Å². The highest BCUT2D eigenvalue weighted by atomic mass is 16.5. The van der Waals surface area contributed by atoms with Gasteiger partial charge in [-0.3, -0.25) is 4.79 Å². The first-order valence-electron chi connectivity index (χ1n) is 7.49. The zero-order valence-electron chi connectivity index (χ0n) is 12.0. The molecule has 0 atom stereocenters. The lowest BCUT2D eigenvalue weighted by molar-refractivity contribution is -0.133. The van der Waals surface area contributed by atoms with E-state index in [4.69, 9.17) is 10.5 Å². The van der Waals surface area contributed by atoms with Gasteiger partial charge in [-0.2, -0.15) is 0 Å². The van der Waals surface area contributed by atoms with Crippen molar-refractivity contribution in [3.05, 3.63) is 29.8 Å². The van der Waals surface area contributed by atoms with Gasteiger partial charge in [0, 0.05) is 13.1 Å². The third kappa shape index (κ3) is 4.53. The molecule has 0 spiro atoms. The van der Waals surface area contributed by atoms with Gasteiger partial charge in [-0.15, -0.1) is 0 Å². The number of rotatable bonds is 5. The van der Waals surface area contributed by atoms with Gasteiger partial charge in [0.15, 0.2) is 6.61 Å². The summed E-state index contributed by atoms with van der Waals surface area (Å²) in [5.74, 6) is 0.843. The molecule has 0 saturated carbocycles. The van der Waals surface area contributed by atoms with Crippen molar-refractivity contribution in [3.8, 4) is 5.75 Å². The Bertz CT molecular complexity index is 426. The van der Waals surface area contributed by atoms with E-state index in [-0.39, 0.29) is 12.5 Å². The molecule has 2 rings (SSSR count). The van der Waals surface area contributed by atoms with Crippen LogP contribution in [0.5, 0.6) is 5.75 Å². The number of carbonyl (C=O) groups is 1. The molecule has 1 fully saturated rings. The van der Waals surface area contributed by atoms with E-state index < -0.39 is 0 Å². The van der Waals surface area contributed by atoms with E-state index >= 15 is 0 Å². The minimum Gasteiger partial charge on any atom is -0.484 e. The predicted molar refractivity (Wildman–Crippen MR) is 79.7 cm³/mol. The third-order valence-electron chi connectivity index (χ3n) is 3.65. The van der Waals surface area contributed by atoms with Crippen molar-refractivity contribution in [1.29, 1.82) is 0 Å². The summed E-state index contributed by atoms with van der Waals surface area (Å²) in [5, 5.41) is 0. The Kier molecular flexibility index (Phi) is 5.87. The zero-order chi connectivity index (χ0) is 14.2. The van der Waals surface area contributed by atoms with Crippen molar-refractivity contribution >= 4 is 5.91 Å². The van der Waals surface area contributed by atoms with E-state index in [1.54, 1.807) is 0 Å². The van der Waals surface area contributed by atoms with E-state index in [9.17, 15) is 4.79 Å². The van der Waals surface area contributed by atoms with Crippen LogP contribution in [0.4, 0.5) is 0 Å². The molecule has 20 heavy (non-hydrogen) atoms. The fourth-order valence-corrected chi connectivity index (χ4v) is 2.51. The Balaban J connectivity index is 1.84. The zero-order valence-corrected chi connectivity index (χ0v) is 12.0. The number of amides is 1. The van der Waals surface area contributed by atoms with Crippen LogP contribution in [0.2, 0.25) is 0 Å². The monoisotopic (exact) mass is 276 g/mol. The fourth-order valence-electron chi connectivity index (χ4n) is 2.51. The number of hydrogen-bond acceptors (Lipinski definition) is 3. The Labute approximate surface area is 120 Å². The number of carbonyl (C=O) groups excluding carboxylic acids is 1. The maximum absolute atomic E-state index is 12.1. The summed E-state index contributed by atoms with van der Waals surface area (Å²) < 4.78 is 5.62. The van der Waals surface area contributed by atoms with E-state index in [1.807, 2.05) is 29.2 Å². The average molecular weight is 276 g/mol. The Morgan fingerprint density at radius 1 is 1.20 bits per heavy atom. The predicted octanol–water partition coefficient (Wildman–Crippen LogP) is 1.97. The lowest BCUT2D eigenvalue weighted by atomic mass is 10.1. The van der Waals surface area contributed by atoms with Crippen LogP contribution in [0.1, 0.15) is 31.2 Å². The van der Waals surface area contributed by atoms with Gasteiger partial charge in [0.2, 0.25) is 0 Å². The summed E-state index contributed by atoms with van der Waals surface area (Å²) in [5.41, 5.74) is 6.69. The summed E-state index contributed by atoms with van der Waals surface area (Å²) in [6, 6.07) is 7.81. The van der Waals surface area contributed by atoms with E-state index in [0.717, 1.165) is 43.7 Å². The molecule has 1 aliphatic rings. The lowest BCUT2D eigenvalue weighted by Gasteiger charge is -2.20. The van der Waals surface area contributed by atoms with E-state index in [1.165, 1.54) is 12.8 Å². The molecular formula is C16H24N2O2. The molecule has 1 aromatic rings. The topological polar surface area (TPSA) is 55.6 Å². The molecule has 0 radical (unpaired) electrons. The van der Waals surface area contributed by atoms with Crippen LogP contribution in [0.3, 0.4) is 0 Å². The molecule has 0 bridgehead atoms. The van der Waals surface area contributed by atoms with Gasteiger partial charge >= 0.3 is 0 Å². The Morgan fingerprint density at radius 3 is 2.65 bits per heavy atom. The van der Waals surface area contributed by atoms with Gasteiger partial charge in [-0.25, -0.2) is 0 Å². The molecule has 0 unspecified atom stereocenters. The van der Waals surface area contributed by atoms with Gasteiger partial charge in [0.25, 0.3) is 5.91 Å². The number of nitrogens with zero attached hydrogens (tertiary/aromatic N) is 1. The largest absolute Gasteiger partial charge is 0.484 e. The van der Waals surface area contributed by atoms with Gasteiger partial charge in [0.1, 0.15) is 5.75 Å². The highest BCUT2D eigenvalue weighted by Crippen LogP contribution is 2.14. The second-order valence-corrected chi connectivity index (χ2v) is 5.27. The molecule has 1 aromatic carbocycles. The summed E-state index contributed by atoms with van der Waals surface area (Å²) in [7, 11) is 0. The molecular weight excluding hydrogens is 252 g/mol. The van der Waals surface area contributed by atoms with Crippen LogP contribution < -0.4 is 10.5 Å². The molecule has 0 aliphatic carbocycles. The minimum absolute atomic E-state index is 0.0936. The number of likely N-dealkylation sites (tertiary alicyclic amines) is 1. The molecule has 0 aromatic heterocycles. The van der Waals surface area contributed by atoms with Gasteiger partial charge < -0.3 is 15.4 Å². The van der Waals surface area contributed by atoms with Crippen molar-refractivity contribution in [2.45, 2.75) is 32.1 Å².